The van der Waals surface area contributed by atoms with E-state index in [1.54, 1.807) is 36.4 Å². The molecule has 5 aromatic carbocycles. The van der Waals surface area contributed by atoms with Crippen molar-refractivity contribution in [2.45, 2.75) is 9.79 Å². The zero-order valence-corrected chi connectivity index (χ0v) is 22.0. The highest BCUT2D eigenvalue weighted by Crippen LogP contribution is 2.31. The van der Waals surface area contributed by atoms with Crippen LogP contribution in [0.1, 0.15) is 20.7 Å². The first-order chi connectivity index (χ1) is 18.9. The summed E-state index contributed by atoms with van der Waals surface area (Å²) in [5.41, 5.74) is 1.11. The first-order valence-electron chi connectivity index (χ1n) is 11.6. The predicted molar refractivity (Wildman–Crippen MR) is 150 cm³/mol. The van der Waals surface area contributed by atoms with Gasteiger partial charge in [-0.15, -0.1) is 0 Å². The van der Waals surface area contributed by atoms with E-state index in [1.807, 2.05) is 0 Å². The normalized spacial score (nSPS) is 11.8. The molecule has 0 radical (unpaired) electrons. The molecular formula is C28H20N2O8S2. The fraction of sp³-hybridized carbons (Fsp3) is 0. The summed E-state index contributed by atoms with van der Waals surface area (Å²) < 4.78 is 65.9. The third-order valence-corrected chi connectivity index (χ3v) is 8.05. The molecule has 0 fully saturated rings. The number of amides is 2. The molecule has 0 aliphatic heterocycles. The molecule has 0 spiro atoms. The minimum absolute atomic E-state index is 0.224. The largest absolute Gasteiger partial charge is 0.321 e. The minimum Gasteiger partial charge on any atom is -0.321 e. The number of carbonyl (C=O) groups excluding carboxylic acids is 2. The monoisotopic (exact) mass is 576 g/mol. The maximum atomic E-state index is 12.9. The van der Waals surface area contributed by atoms with E-state index in [4.69, 9.17) is 0 Å². The van der Waals surface area contributed by atoms with Gasteiger partial charge in [-0.3, -0.25) is 18.7 Å². The zero-order valence-electron chi connectivity index (χ0n) is 20.4. The van der Waals surface area contributed by atoms with Crippen molar-refractivity contribution in [1.29, 1.82) is 0 Å². The second kappa shape index (κ2) is 10.2. The van der Waals surface area contributed by atoms with Gasteiger partial charge in [0.15, 0.2) is 0 Å². The van der Waals surface area contributed by atoms with Crippen LogP contribution in [0.4, 0.5) is 11.4 Å². The number of benzene rings is 5. The molecule has 0 saturated heterocycles. The molecule has 0 aliphatic rings. The first-order valence-corrected chi connectivity index (χ1v) is 14.5. The quantitative estimate of drug-likeness (QED) is 0.205. The lowest BCUT2D eigenvalue weighted by Crippen LogP contribution is -2.15. The highest BCUT2D eigenvalue weighted by molar-refractivity contribution is 7.86. The van der Waals surface area contributed by atoms with E-state index in [0.717, 1.165) is 0 Å². The molecule has 4 N–H and O–H groups in total. The van der Waals surface area contributed by atoms with Gasteiger partial charge in [0.25, 0.3) is 32.1 Å². The Morgan fingerprint density at radius 2 is 0.800 bits per heavy atom. The van der Waals surface area contributed by atoms with E-state index in [9.17, 15) is 35.5 Å². The summed E-state index contributed by atoms with van der Waals surface area (Å²) in [5.74, 6) is -1.02. The Morgan fingerprint density at radius 1 is 0.475 bits per heavy atom. The second-order valence-electron chi connectivity index (χ2n) is 8.75. The van der Waals surface area contributed by atoms with Crippen molar-refractivity contribution in [3.05, 3.63) is 108 Å². The highest BCUT2D eigenvalue weighted by atomic mass is 32.2. The van der Waals surface area contributed by atoms with Crippen LogP contribution in [0, 0.1) is 0 Å². The van der Waals surface area contributed by atoms with Gasteiger partial charge in [-0.2, -0.15) is 16.8 Å². The summed E-state index contributed by atoms with van der Waals surface area (Å²) in [4.78, 5) is 25.3. The summed E-state index contributed by atoms with van der Waals surface area (Å²) in [7, 11) is -8.94. The number of anilines is 2. The lowest BCUT2D eigenvalue weighted by Gasteiger charge is -2.12. The maximum Gasteiger partial charge on any atom is 0.295 e. The van der Waals surface area contributed by atoms with E-state index in [1.165, 1.54) is 60.7 Å². The molecule has 0 heterocycles. The molecule has 0 unspecified atom stereocenters. The molecule has 40 heavy (non-hydrogen) atoms. The number of nitrogens with one attached hydrogen (secondary N) is 2. The maximum absolute atomic E-state index is 12.9. The van der Waals surface area contributed by atoms with Crippen LogP contribution < -0.4 is 10.6 Å². The lowest BCUT2D eigenvalue weighted by atomic mass is 10.1. The van der Waals surface area contributed by atoms with Gasteiger partial charge in [0.2, 0.25) is 0 Å². The Balaban J connectivity index is 1.37. The molecule has 0 aliphatic carbocycles. The highest BCUT2D eigenvalue weighted by Gasteiger charge is 2.19. The minimum atomic E-state index is -4.47. The van der Waals surface area contributed by atoms with Crippen molar-refractivity contribution in [1.82, 2.24) is 0 Å². The molecule has 5 rings (SSSR count). The van der Waals surface area contributed by atoms with Crippen LogP contribution in [0.2, 0.25) is 0 Å². The first kappa shape index (κ1) is 27.0. The van der Waals surface area contributed by atoms with Crippen LogP contribution in [-0.4, -0.2) is 37.8 Å². The van der Waals surface area contributed by atoms with Crippen molar-refractivity contribution in [2.75, 3.05) is 10.6 Å². The summed E-state index contributed by atoms with van der Waals surface area (Å²) in [5, 5.41) is 6.75. The number of hydrogen-bond donors (Lipinski definition) is 4. The van der Waals surface area contributed by atoms with E-state index in [2.05, 4.69) is 10.6 Å². The Hall–Kier alpha value is -4.62. The van der Waals surface area contributed by atoms with Crippen LogP contribution in [0.5, 0.6) is 0 Å². The lowest BCUT2D eigenvalue weighted by molar-refractivity contribution is 0.101. The fourth-order valence-corrected chi connectivity index (χ4v) is 5.76. The van der Waals surface area contributed by atoms with Gasteiger partial charge < -0.3 is 10.6 Å². The van der Waals surface area contributed by atoms with Gasteiger partial charge in [0.05, 0.1) is 0 Å². The number of fused-ring (bicyclic) bond motifs is 2. The Labute approximate surface area is 228 Å². The smallest absolute Gasteiger partial charge is 0.295 e. The van der Waals surface area contributed by atoms with E-state index in [0.29, 0.717) is 22.1 Å². The van der Waals surface area contributed by atoms with Crippen molar-refractivity contribution in [2.24, 2.45) is 0 Å². The average Bonchev–Trinajstić information content (AvgIpc) is 2.92. The van der Waals surface area contributed by atoms with Crippen molar-refractivity contribution in [3.8, 4) is 0 Å². The molecule has 0 atom stereocenters. The average molecular weight is 577 g/mol. The fourth-order valence-electron chi connectivity index (χ4n) is 4.37. The van der Waals surface area contributed by atoms with Gasteiger partial charge in [-0.1, -0.05) is 48.5 Å². The van der Waals surface area contributed by atoms with E-state index < -0.39 is 32.1 Å². The van der Waals surface area contributed by atoms with Crippen LogP contribution in [0.15, 0.2) is 107 Å². The van der Waals surface area contributed by atoms with Crippen molar-refractivity contribution in [3.63, 3.8) is 0 Å². The second-order valence-corrected chi connectivity index (χ2v) is 11.5. The van der Waals surface area contributed by atoms with Gasteiger partial charge >= 0.3 is 0 Å². The van der Waals surface area contributed by atoms with Crippen LogP contribution in [-0.2, 0) is 20.2 Å². The summed E-state index contributed by atoms with van der Waals surface area (Å²) >= 11 is 0. The van der Waals surface area contributed by atoms with Crippen molar-refractivity contribution >= 4 is 65.0 Å². The number of rotatable bonds is 6. The van der Waals surface area contributed by atoms with Gasteiger partial charge in [-0.25, -0.2) is 0 Å². The molecule has 0 aromatic heterocycles. The van der Waals surface area contributed by atoms with Gasteiger partial charge in [0, 0.05) is 44.0 Å². The summed E-state index contributed by atoms with van der Waals surface area (Å²) in [6.45, 7) is 0. The van der Waals surface area contributed by atoms with Crippen LogP contribution in [0.3, 0.4) is 0 Å². The Bertz CT molecular complexity index is 1890. The number of carbonyl (C=O) groups is 2. The van der Waals surface area contributed by atoms with Crippen LogP contribution >= 0.6 is 0 Å². The third kappa shape index (κ3) is 5.28. The van der Waals surface area contributed by atoms with Crippen molar-refractivity contribution < 1.29 is 35.5 Å². The van der Waals surface area contributed by atoms with E-state index >= 15 is 0 Å². The van der Waals surface area contributed by atoms with Crippen LogP contribution in [0.25, 0.3) is 21.5 Å². The Morgan fingerprint density at radius 3 is 1.12 bits per heavy atom. The third-order valence-electron chi connectivity index (χ3n) is 6.23. The topological polar surface area (TPSA) is 167 Å². The van der Waals surface area contributed by atoms with Gasteiger partial charge in [-0.05, 0) is 48.5 Å². The van der Waals surface area contributed by atoms with E-state index in [-0.39, 0.29) is 31.7 Å². The molecule has 10 nitrogen and oxygen atoms in total. The molecule has 12 heteroatoms. The van der Waals surface area contributed by atoms with Gasteiger partial charge in [0.1, 0.15) is 9.79 Å². The predicted octanol–water partition coefficient (Wildman–Crippen LogP) is 4.99. The summed E-state index contributed by atoms with van der Waals surface area (Å²) in [6, 6.07) is 23.7. The summed E-state index contributed by atoms with van der Waals surface area (Å²) in [6.07, 6.45) is 0. The zero-order chi connectivity index (χ0) is 28.7. The Kier molecular flexibility index (Phi) is 6.85. The SMILES string of the molecule is O=C(Nc1ccc(S(=O)(=O)O)c2ccccc12)c1ccc(C(=O)Nc2ccc(S(=O)(=O)O)c3ccccc23)cc1. The number of hydrogen-bond acceptors (Lipinski definition) is 6. The standard InChI is InChI=1S/C28H20N2O8S2/c31-27(29-23-13-15-25(39(33,34)35)21-7-3-1-5-19(21)23)17-9-11-18(12-10-17)28(32)30-24-14-16-26(40(36,37)38)22-8-4-2-6-20(22)24/h1-16H,(H,29,31)(H,30,32)(H,33,34,35)(H,36,37,38). The molecule has 0 saturated carbocycles. The molecular weight excluding hydrogens is 556 g/mol. The molecule has 202 valence electrons. The molecule has 2 amide bonds. The molecule has 0 bridgehead atoms. The molecule has 5 aromatic rings.